The average Bonchev–Trinajstić information content (AvgIpc) is 2.86. The first-order chi connectivity index (χ1) is 10.9. The van der Waals surface area contributed by atoms with E-state index in [4.69, 9.17) is 9.47 Å². The van der Waals surface area contributed by atoms with Gasteiger partial charge in [-0.3, -0.25) is 9.69 Å². The maximum Gasteiger partial charge on any atom is 0.414 e. The molecule has 1 N–H and O–H groups in total. The van der Waals surface area contributed by atoms with E-state index in [0.717, 1.165) is 6.07 Å². The second-order valence-corrected chi connectivity index (χ2v) is 4.94. The van der Waals surface area contributed by atoms with Gasteiger partial charge in [0.15, 0.2) is 0 Å². The van der Waals surface area contributed by atoms with Gasteiger partial charge in [0.1, 0.15) is 11.9 Å². The van der Waals surface area contributed by atoms with Gasteiger partial charge in [-0.2, -0.15) is 0 Å². The molecule has 1 saturated heterocycles. The number of benzene rings is 1. The van der Waals surface area contributed by atoms with Crippen molar-refractivity contribution in [3.05, 3.63) is 29.6 Å². The van der Waals surface area contributed by atoms with Crippen LogP contribution in [0.2, 0.25) is 0 Å². The fraction of sp³-hybridized carbons (Fsp3) is 0.400. The number of ether oxygens (including phenoxy) is 2. The topological polar surface area (TPSA) is 84.9 Å². The van der Waals surface area contributed by atoms with Crippen LogP contribution in [0.1, 0.15) is 24.2 Å². The summed E-state index contributed by atoms with van der Waals surface area (Å²) in [7, 11) is 0. The summed E-state index contributed by atoms with van der Waals surface area (Å²) in [5.74, 6) is -1.77. The highest BCUT2D eigenvalue weighted by molar-refractivity contribution is 5.93. The second-order valence-electron chi connectivity index (χ2n) is 4.94. The smallest absolute Gasteiger partial charge is 0.414 e. The number of rotatable bonds is 5. The summed E-state index contributed by atoms with van der Waals surface area (Å²) in [5, 5.41) is 2.55. The fourth-order valence-electron chi connectivity index (χ4n) is 2.14. The molecule has 1 aromatic carbocycles. The van der Waals surface area contributed by atoms with Gasteiger partial charge >= 0.3 is 12.1 Å². The number of carbonyl (C=O) groups excluding carboxylic acids is 3. The van der Waals surface area contributed by atoms with Gasteiger partial charge in [0, 0.05) is 6.92 Å². The Balaban J connectivity index is 2.10. The van der Waals surface area contributed by atoms with Crippen LogP contribution in [-0.2, 0) is 14.3 Å². The Bertz CT molecular complexity index is 634. The molecule has 0 aromatic heterocycles. The summed E-state index contributed by atoms with van der Waals surface area (Å²) < 4.78 is 23.9. The molecule has 1 aromatic rings. The van der Waals surface area contributed by atoms with Crippen LogP contribution in [0.4, 0.5) is 14.9 Å². The monoisotopic (exact) mass is 324 g/mol. The minimum absolute atomic E-state index is 0.142. The fourth-order valence-corrected chi connectivity index (χ4v) is 2.14. The van der Waals surface area contributed by atoms with Crippen molar-refractivity contribution in [1.29, 1.82) is 0 Å². The molecule has 0 saturated carbocycles. The van der Waals surface area contributed by atoms with Crippen molar-refractivity contribution in [2.75, 3.05) is 24.6 Å². The average molecular weight is 324 g/mol. The molecule has 1 fully saturated rings. The molecule has 23 heavy (non-hydrogen) atoms. The zero-order chi connectivity index (χ0) is 17.0. The van der Waals surface area contributed by atoms with E-state index in [9.17, 15) is 18.8 Å². The van der Waals surface area contributed by atoms with Crippen molar-refractivity contribution in [3.63, 3.8) is 0 Å². The van der Waals surface area contributed by atoms with E-state index in [1.165, 1.54) is 24.0 Å². The minimum atomic E-state index is -0.779. The van der Waals surface area contributed by atoms with Crippen LogP contribution in [0.25, 0.3) is 0 Å². The van der Waals surface area contributed by atoms with Crippen molar-refractivity contribution in [3.8, 4) is 0 Å². The van der Waals surface area contributed by atoms with Crippen LogP contribution in [-0.4, -0.2) is 43.8 Å². The maximum absolute atomic E-state index is 14.0. The van der Waals surface area contributed by atoms with Crippen LogP contribution < -0.4 is 10.2 Å². The lowest BCUT2D eigenvalue weighted by Crippen LogP contribution is -2.33. The predicted molar refractivity (Wildman–Crippen MR) is 78.7 cm³/mol. The number of carbonyl (C=O) groups is 3. The van der Waals surface area contributed by atoms with Gasteiger partial charge in [-0.1, -0.05) is 0 Å². The van der Waals surface area contributed by atoms with Gasteiger partial charge in [-0.25, -0.2) is 14.0 Å². The van der Waals surface area contributed by atoms with Gasteiger partial charge in [-0.05, 0) is 25.1 Å². The van der Waals surface area contributed by atoms with E-state index >= 15 is 0 Å². The summed E-state index contributed by atoms with van der Waals surface area (Å²) in [6.07, 6.45) is -1.15. The molecule has 0 bridgehead atoms. The highest BCUT2D eigenvalue weighted by Crippen LogP contribution is 2.24. The molecular formula is C15H17FN2O5. The number of amides is 2. The van der Waals surface area contributed by atoms with Crippen LogP contribution in [0.15, 0.2) is 18.2 Å². The van der Waals surface area contributed by atoms with E-state index < -0.39 is 24.0 Å². The SMILES string of the molecule is CCOC(=O)c1ccc(N2C[C@H](CNC(C)=O)OC2=O)cc1F. The van der Waals surface area contributed by atoms with Gasteiger partial charge in [0.05, 0.1) is 30.9 Å². The molecule has 1 aliphatic heterocycles. The summed E-state index contributed by atoms with van der Waals surface area (Å²) in [5.41, 5.74) is 0.0730. The number of halogens is 1. The molecule has 124 valence electrons. The van der Waals surface area contributed by atoms with Gasteiger partial charge in [0.2, 0.25) is 5.91 Å². The third kappa shape index (κ3) is 3.97. The normalized spacial score (nSPS) is 16.9. The number of nitrogens with one attached hydrogen (secondary N) is 1. The largest absolute Gasteiger partial charge is 0.462 e. The predicted octanol–water partition coefficient (Wildman–Crippen LogP) is 1.46. The summed E-state index contributed by atoms with van der Waals surface area (Å²) >= 11 is 0. The third-order valence-corrected chi connectivity index (χ3v) is 3.21. The number of esters is 1. The lowest BCUT2D eigenvalue weighted by atomic mass is 10.2. The second kappa shape index (κ2) is 7.08. The minimum Gasteiger partial charge on any atom is -0.462 e. The van der Waals surface area contributed by atoms with Crippen molar-refractivity contribution in [1.82, 2.24) is 5.32 Å². The molecule has 2 amide bonds. The number of anilines is 1. The molecule has 8 heteroatoms. The molecule has 0 aliphatic carbocycles. The maximum atomic E-state index is 14.0. The van der Waals surface area contributed by atoms with E-state index in [1.54, 1.807) is 6.92 Å². The van der Waals surface area contributed by atoms with Crippen LogP contribution in [0.5, 0.6) is 0 Å². The number of hydrogen-bond donors (Lipinski definition) is 1. The zero-order valence-electron chi connectivity index (χ0n) is 12.8. The number of hydrogen-bond acceptors (Lipinski definition) is 5. The molecule has 1 heterocycles. The van der Waals surface area contributed by atoms with Crippen molar-refractivity contribution in [2.24, 2.45) is 0 Å². The van der Waals surface area contributed by atoms with Crippen molar-refractivity contribution in [2.45, 2.75) is 20.0 Å². The first-order valence-corrected chi connectivity index (χ1v) is 7.11. The summed E-state index contributed by atoms with van der Waals surface area (Å²) in [6, 6.07) is 3.78. The van der Waals surface area contributed by atoms with Gasteiger partial charge in [-0.15, -0.1) is 0 Å². The van der Waals surface area contributed by atoms with Gasteiger partial charge < -0.3 is 14.8 Å². The number of cyclic esters (lactones) is 1. The Labute approximate surface area is 132 Å². The first-order valence-electron chi connectivity index (χ1n) is 7.11. The number of nitrogens with zero attached hydrogens (tertiary/aromatic N) is 1. The Morgan fingerprint density at radius 2 is 2.22 bits per heavy atom. The molecule has 1 aliphatic rings. The Morgan fingerprint density at radius 1 is 1.48 bits per heavy atom. The van der Waals surface area contributed by atoms with Crippen molar-refractivity contribution < 1.29 is 28.2 Å². The summed E-state index contributed by atoms with van der Waals surface area (Å²) in [6.45, 7) is 3.49. The summed E-state index contributed by atoms with van der Waals surface area (Å²) in [4.78, 5) is 35.5. The highest BCUT2D eigenvalue weighted by Gasteiger charge is 2.33. The molecular weight excluding hydrogens is 307 g/mol. The zero-order valence-corrected chi connectivity index (χ0v) is 12.8. The molecule has 7 nitrogen and oxygen atoms in total. The molecule has 1 atom stereocenters. The lowest BCUT2D eigenvalue weighted by Gasteiger charge is -2.14. The van der Waals surface area contributed by atoms with Crippen LogP contribution in [0, 0.1) is 5.82 Å². The van der Waals surface area contributed by atoms with Crippen LogP contribution in [0.3, 0.4) is 0 Å². The molecule has 0 spiro atoms. The first kappa shape index (κ1) is 16.7. The van der Waals surface area contributed by atoms with E-state index in [2.05, 4.69) is 5.32 Å². The van der Waals surface area contributed by atoms with E-state index in [-0.39, 0.29) is 36.9 Å². The molecule has 0 unspecified atom stereocenters. The third-order valence-electron chi connectivity index (χ3n) is 3.21. The standard InChI is InChI=1S/C15H17FN2O5/c1-3-22-14(20)12-5-4-10(6-13(12)16)18-8-11(23-15(18)21)7-17-9(2)19/h4-6,11H,3,7-8H2,1-2H3,(H,17,19)/t11-/m0/s1. The van der Waals surface area contributed by atoms with Gasteiger partial charge in [0.25, 0.3) is 0 Å². The van der Waals surface area contributed by atoms with E-state index in [1.807, 2.05) is 0 Å². The quantitative estimate of drug-likeness (QED) is 0.829. The Morgan fingerprint density at radius 3 is 2.83 bits per heavy atom. The van der Waals surface area contributed by atoms with Crippen molar-refractivity contribution >= 4 is 23.7 Å². The molecule has 2 rings (SSSR count). The van der Waals surface area contributed by atoms with Crippen LogP contribution >= 0.6 is 0 Å². The Hall–Kier alpha value is -2.64. The highest BCUT2D eigenvalue weighted by atomic mass is 19.1. The lowest BCUT2D eigenvalue weighted by molar-refractivity contribution is -0.119. The Kier molecular flexibility index (Phi) is 5.15. The van der Waals surface area contributed by atoms with E-state index in [0.29, 0.717) is 0 Å². The molecule has 0 radical (unpaired) electrons.